The van der Waals surface area contributed by atoms with E-state index in [0.29, 0.717) is 35.3 Å². The Morgan fingerprint density at radius 2 is 1.70 bits per heavy atom. The summed E-state index contributed by atoms with van der Waals surface area (Å²) in [4.78, 5) is 13.5. The van der Waals surface area contributed by atoms with Crippen LogP contribution in [0.2, 0.25) is 0 Å². The minimum Gasteiger partial charge on any atom is -0.489 e. The van der Waals surface area contributed by atoms with Crippen LogP contribution in [0.25, 0.3) is 0 Å². The van der Waals surface area contributed by atoms with Crippen LogP contribution in [0.3, 0.4) is 0 Å². The first-order valence-corrected chi connectivity index (χ1v) is 10.6. The summed E-state index contributed by atoms with van der Waals surface area (Å²) >= 11 is 0. The molecule has 33 heavy (non-hydrogen) atoms. The largest absolute Gasteiger partial charge is 0.489 e. The number of benzene rings is 3. The van der Waals surface area contributed by atoms with E-state index in [2.05, 4.69) is 26.2 Å². The summed E-state index contributed by atoms with van der Waals surface area (Å²) in [5.41, 5.74) is 3.73. The number of para-hydroxylation sites is 2. The highest BCUT2D eigenvalue weighted by Gasteiger charge is 2.35. The fraction of sp³-hybridized carbons (Fsp3) is 0.120. The minimum absolute atomic E-state index is 0.241. The standard InChI is InChI=1S/C25H22N6O2/c1-17-22(24(32)27-19-12-6-3-7-13-19)23(31-25(26-17)28-29-30-31)20-14-8-9-15-21(20)33-16-18-10-4-2-5-11-18/h2-15,23H,16H2,1H3,(H,27,32)(H,26,28,30)/t23-/m1/s1. The maximum atomic E-state index is 13.5. The molecule has 0 bridgehead atoms. The third-order valence-corrected chi connectivity index (χ3v) is 5.44. The Morgan fingerprint density at radius 3 is 2.48 bits per heavy atom. The summed E-state index contributed by atoms with van der Waals surface area (Å²) in [6.07, 6.45) is 0. The van der Waals surface area contributed by atoms with E-state index in [0.717, 1.165) is 11.1 Å². The third kappa shape index (κ3) is 4.18. The van der Waals surface area contributed by atoms with Crippen LogP contribution in [-0.2, 0) is 11.4 Å². The highest BCUT2D eigenvalue weighted by Crippen LogP contribution is 2.39. The van der Waals surface area contributed by atoms with Crippen LogP contribution in [0.4, 0.5) is 11.6 Å². The van der Waals surface area contributed by atoms with Gasteiger partial charge in [0.05, 0.1) is 5.57 Å². The smallest absolute Gasteiger partial charge is 0.255 e. The van der Waals surface area contributed by atoms with Crippen molar-refractivity contribution in [3.05, 3.63) is 107 Å². The van der Waals surface area contributed by atoms with E-state index in [1.54, 1.807) is 4.68 Å². The molecule has 0 saturated carbocycles. The molecule has 1 amide bonds. The van der Waals surface area contributed by atoms with Crippen LogP contribution in [0.1, 0.15) is 24.1 Å². The molecule has 1 atom stereocenters. The van der Waals surface area contributed by atoms with E-state index in [4.69, 9.17) is 4.74 Å². The van der Waals surface area contributed by atoms with Crippen molar-refractivity contribution in [3.63, 3.8) is 0 Å². The molecule has 4 aromatic rings. The zero-order valence-corrected chi connectivity index (χ0v) is 18.0. The number of tetrazole rings is 1. The average Bonchev–Trinajstić information content (AvgIpc) is 3.31. The second-order valence-electron chi connectivity index (χ2n) is 7.65. The van der Waals surface area contributed by atoms with Crippen molar-refractivity contribution in [3.8, 4) is 5.75 Å². The van der Waals surface area contributed by atoms with Crippen molar-refractivity contribution in [2.24, 2.45) is 0 Å². The second kappa shape index (κ2) is 8.96. The molecule has 0 spiro atoms. The molecule has 0 fully saturated rings. The molecule has 1 aromatic heterocycles. The van der Waals surface area contributed by atoms with Gasteiger partial charge in [-0.3, -0.25) is 4.79 Å². The molecule has 0 saturated heterocycles. The van der Waals surface area contributed by atoms with E-state index >= 15 is 0 Å². The zero-order chi connectivity index (χ0) is 22.6. The number of anilines is 2. The summed E-state index contributed by atoms with van der Waals surface area (Å²) in [6, 6.07) is 26.4. The Bertz CT molecular complexity index is 1300. The molecular formula is C25H22N6O2. The number of allylic oxidation sites excluding steroid dienone is 1. The van der Waals surface area contributed by atoms with E-state index in [1.807, 2.05) is 91.9 Å². The predicted molar refractivity (Wildman–Crippen MR) is 125 cm³/mol. The Balaban J connectivity index is 1.53. The summed E-state index contributed by atoms with van der Waals surface area (Å²) in [6.45, 7) is 2.25. The van der Waals surface area contributed by atoms with Crippen molar-refractivity contribution in [2.45, 2.75) is 19.6 Å². The quantitative estimate of drug-likeness (QED) is 0.469. The van der Waals surface area contributed by atoms with Crippen LogP contribution >= 0.6 is 0 Å². The molecule has 5 rings (SSSR count). The van der Waals surface area contributed by atoms with Crippen LogP contribution < -0.4 is 15.4 Å². The van der Waals surface area contributed by atoms with Gasteiger partial charge in [0.2, 0.25) is 5.95 Å². The number of rotatable bonds is 6. The Labute approximate surface area is 190 Å². The first-order valence-electron chi connectivity index (χ1n) is 10.6. The average molecular weight is 438 g/mol. The molecule has 2 N–H and O–H groups in total. The number of aromatic nitrogens is 4. The second-order valence-corrected chi connectivity index (χ2v) is 7.65. The summed E-state index contributed by atoms with van der Waals surface area (Å²) in [5, 5.41) is 18.2. The highest BCUT2D eigenvalue weighted by molar-refractivity contribution is 6.06. The number of hydrogen-bond acceptors (Lipinski definition) is 6. The molecule has 3 aromatic carbocycles. The van der Waals surface area contributed by atoms with Crippen molar-refractivity contribution >= 4 is 17.5 Å². The lowest BCUT2D eigenvalue weighted by molar-refractivity contribution is -0.113. The van der Waals surface area contributed by atoms with E-state index in [-0.39, 0.29) is 5.91 Å². The molecule has 164 valence electrons. The molecular weight excluding hydrogens is 416 g/mol. The van der Waals surface area contributed by atoms with Gasteiger partial charge < -0.3 is 15.4 Å². The van der Waals surface area contributed by atoms with Crippen LogP contribution in [0, 0.1) is 0 Å². The van der Waals surface area contributed by atoms with Gasteiger partial charge in [-0.05, 0) is 41.1 Å². The molecule has 1 aliphatic heterocycles. The van der Waals surface area contributed by atoms with Gasteiger partial charge in [-0.25, -0.2) is 0 Å². The monoisotopic (exact) mass is 438 g/mol. The zero-order valence-electron chi connectivity index (χ0n) is 18.0. The predicted octanol–water partition coefficient (Wildman–Crippen LogP) is 4.18. The van der Waals surface area contributed by atoms with Gasteiger partial charge in [0.25, 0.3) is 5.91 Å². The molecule has 1 aliphatic rings. The third-order valence-electron chi connectivity index (χ3n) is 5.44. The number of fused-ring (bicyclic) bond motifs is 1. The minimum atomic E-state index is -0.563. The first-order chi connectivity index (χ1) is 16.2. The van der Waals surface area contributed by atoms with Crippen molar-refractivity contribution in [2.75, 3.05) is 10.6 Å². The summed E-state index contributed by atoms with van der Waals surface area (Å²) in [5.74, 6) is 0.884. The summed E-state index contributed by atoms with van der Waals surface area (Å²) in [7, 11) is 0. The van der Waals surface area contributed by atoms with E-state index in [9.17, 15) is 4.79 Å². The fourth-order valence-corrected chi connectivity index (χ4v) is 3.89. The van der Waals surface area contributed by atoms with Gasteiger partial charge in [0.15, 0.2) is 0 Å². The Hall–Kier alpha value is -4.46. The first kappa shape index (κ1) is 20.4. The van der Waals surface area contributed by atoms with Crippen LogP contribution in [0.5, 0.6) is 5.75 Å². The number of amides is 1. The van der Waals surface area contributed by atoms with Crippen molar-refractivity contribution < 1.29 is 9.53 Å². The molecule has 0 unspecified atom stereocenters. The topological polar surface area (TPSA) is 94.0 Å². The maximum absolute atomic E-state index is 13.5. The van der Waals surface area contributed by atoms with Crippen molar-refractivity contribution in [1.82, 2.24) is 20.2 Å². The normalized spacial score (nSPS) is 14.9. The Morgan fingerprint density at radius 1 is 1.00 bits per heavy atom. The lowest BCUT2D eigenvalue weighted by atomic mass is 9.94. The highest BCUT2D eigenvalue weighted by atomic mass is 16.5. The van der Waals surface area contributed by atoms with E-state index in [1.165, 1.54) is 0 Å². The van der Waals surface area contributed by atoms with Gasteiger partial charge in [0.1, 0.15) is 18.4 Å². The molecule has 0 radical (unpaired) electrons. The van der Waals surface area contributed by atoms with Gasteiger partial charge >= 0.3 is 0 Å². The SMILES string of the molecule is CC1=C(C(=O)Nc2ccccc2)[C@@H](c2ccccc2OCc2ccccc2)n2nnnc2N1. The van der Waals surface area contributed by atoms with Crippen LogP contribution in [-0.4, -0.2) is 26.1 Å². The molecule has 8 heteroatoms. The van der Waals surface area contributed by atoms with Crippen LogP contribution in [0.15, 0.2) is 96.2 Å². The number of hydrogen-bond donors (Lipinski definition) is 2. The number of nitrogens with zero attached hydrogens (tertiary/aromatic N) is 4. The molecule has 0 aliphatic carbocycles. The number of carbonyl (C=O) groups is 1. The number of carbonyl (C=O) groups excluding carboxylic acids is 1. The number of nitrogens with one attached hydrogen (secondary N) is 2. The van der Waals surface area contributed by atoms with Gasteiger partial charge in [-0.1, -0.05) is 71.8 Å². The van der Waals surface area contributed by atoms with Gasteiger partial charge in [0, 0.05) is 16.9 Å². The lowest BCUT2D eigenvalue weighted by Crippen LogP contribution is -2.31. The molecule has 8 nitrogen and oxygen atoms in total. The maximum Gasteiger partial charge on any atom is 0.255 e. The summed E-state index contributed by atoms with van der Waals surface area (Å²) < 4.78 is 7.80. The lowest BCUT2D eigenvalue weighted by Gasteiger charge is -2.29. The van der Waals surface area contributed by atoms with E-state index < -0.39 is 6.04 Å². The Kier molecular flexibility index (Phi) is 5.55. The van der Waals surface area contributed by atoms with Gasteiger partial charge in [-0.15, -0.1) is 0 Å². The number of ether oxygens (including phenoxy) is 1. The fourth-order valence-electron chi connectivity index (χ4n) is 3.89. The molecule has 2 heterocycles. The van der Waals surface area contributed by atoms with Crippen molar-refractivity contribution in [1.29, 1.82) is 0 Å². The van der Waals surface area contributed by atoms with Gasteiger partial charge in [-0.2, -0.15) is 4.68 Å².